The van der Waals surface area contributed by atoms with Gasteiger partial charge in [0.1, 0.15) is 11.5 Å². The standard InChI is InChI=1S/C16H7F4N3/c17-11-4-2-10(3-5-11)14-15(16(18,19)20)23-13-7-9(8-21)1-6-12(13)22-14/h1-7H. The molecule has 0 unspecified atom stereocenters. The van der Waals surface area contributed by atoms with Crippen LogP contribution in [0, 0.1) is 17.1 Å². The van der Waals surface area contributed by atoms with Crippen LogP contribution in [-0.4, -0.2) is 9.97 Å². The molecule has 0 saturated heterocycles. The number of hydrogen-bond donors (Lipinski definition) is 0. The predicted molar refractivity (Wildman–Crippen MR) is 74.6 cm³/mol. The van der Waals surface area contributed by atoms with E-state index < -0.39 is 17.7 Å². The van der Waals surface area contributed by atoms with Crippen molar-refractivity contribution in [2.45, 2.75) is 6.18 Å². The Labute approximate surface area is 127 Å². The normalized spacial score (nSPS) is 11.4. The second kappa shape index (κ2) is 5.32. The molecule has 1 heterocycles. The SMILES string of the molecule is N#Cc1ccc2nc(-c3ccc(F)cc3)c(C(F)(F)F)nc2c1. The van der Waals surface area contributed by atoms with Gasteiger partial charge in [-0.1, -0.05) is 0 Å². The van der Waals surface area contributed by atoms with E-state index in [0.29, 0.717) is 0 Å². The Bertz CT molecular complexity index is 925. The average molecular weight is 317 g/mol. The minimum Gasteiger partial charge on any atom is -0.244 e. The summed E-state index contributed by atoms with van der Waals surface area (Å²) in [6.07, 6.45) is -4.73. The first kappa shape index (κ1) is 14.9. The number of benzene rings is 2. The van der Waals surface area contributed by atoms with Gasteiger partial charge in [-0.05, 0) is 42.5 Å². The summed E-state index contributed by atoms with van der Waals surface area (Å²) >= 11 is 0. The van der Waals surface area contributed by atoms with Crippen LogP contribution >= 0.6 is 0 Å². The Hall–Kier alpha value is -3.01. The molecule has 0 atom stereocenters. The fourth-order valence-corrected chi connectivity index (χ4v) is 2.13. The maximum atomic E-state index is 13.3. The third-order valence-corrected chi connectivity index (χ3v) is 3.18. The van der Waals surface area contributed by atoms with Gasteiger partial charge in [0.2, 0.25) is 0 Å². The monoisotopic (exact) mass is 317 g/mol. The van der Waals surface area contributed by atoms with E-state index in [1.165, 1.54) is 30.3 Å². The molecule has 3 nitrogen and oxygen atoms in total. The third kappa shape index (κ3) is 2.83. The molecule has 0 N–H and O–H groups in total. The van der Waals surface area contributed by atoms with Gasteiger partial charge < -0.3 is 0 Å². The van der Waals surface area contributed by atoms with Crippen LogP contribution in [0.2, 0.25) is 0 Å². The van der Waals surface area contributed by atoms with Gasteiger partial charge in [0.25, 0.3) is 0 Å². The summed E-state index contributed by atoms with van der Waals surface area (Å²) in [5, 5.41) is 8.83. The largest absolute Gasteiger partial charge is 0.435 e. The first-order valence-electron chi connectivity index (χ1n) is 6.43. The van der Waals surface area contributed by atoms with E-state index in [1.807, 2.05) is 6.07 Å². The van der Waals surface area contributed by atoms with Crippen molar-refractivity contribution in [3.05, 3.63) is 59.5 Å². The highest BCUT2D eigenvalue weighted by molar-refractivity contribution is 5.80. The summed E-state index contributed by atoms with van der Waals surface area (Å²) in [5.41, 5.74) is -1.06. The zero-order valence-electron chi connectivity index (χ0n) is 11.4. The Morgan fingerprint density at radius 2 is 1.61 bits per heavy atom. The summed E-state index contributed by atoms with van der Waals surface area (Å²) in [6.45, 7) is 0. The molecule has 0 fully saturated rings. The first-order chi connectivity index (χ1) is 10.9. The van der Waals surface area contributed by atoms with Crippen LogP contribution in [0.25, 0.3) is 22.3 Å². The fraction of sp³-hybridized carbons (Fsp3) is 0.0625. The Balaban J connectivity index is 2.31. The molecule has 3 rings (SSSR count). The topological polar surface area (TPSA) is 49.6 Å². The van der Waals surface area contributed by atoms with Crippen LogP contribution in [0.5, 0.6) is 0 Å². The van der Waals surface area contributed by atoms with Crippen molar-refractivity contribution in [2.75, 3.05) is 0 Å². The van der Waals surface area contributed by atoms with Crippen molar-refractivity contribution in [2.24, 2.45) is 0 Å². The number of alkyl halides is 3. The lowest BCUT2D eigenvalue weighted by atomic mass is 10.1. The molecule has 23 heavy (non-hydrogen) atoms. The average Bonchev–Trinajstić information content (AvgIpc) is 2.53. The zero-order chi connectivity index (χ0) is 16.6. The van der Waals surface area contributed by atoms with Gasteiger partial charge in [-0.15, -0.1) is 0 Å². The fourth-order valence-electron chi connectivity index (χ4n) is 2.13. The maximum Gasteiger partial charge on any atom is 0.435 e. The highest BCUT2D eigenvalue weighted by Gasteiger charge is 2.37. The number of hydrogen-bond acceptors (Lipinski definition) is 3. The molecule has 0 radical (unpaired) electrons. The Morgan fingerprint density at radius 3 is 2.22 bits per heavy atom. The molecule has 0 bridgehead atoms. The van der Waals surface area contributed by atoms with Gasteiger partial charge in [0.15, 0.2) is 5.69 Å². The summed E-state index contributed by atoms with van der Waals surface area (Å²) in [4.78, 5) is 7.62. The van der Waals surface area contributed by atoms with E-state index in [9.17, 15) is 17.6 Å². The molecular weight excluding hydrogens is 310 g/mol. The van der Waals surface area contributed by atoms with E-state index in [1.54, 1.807) is 0 Å². The maximum absolute atomic E-state index is 13.3. The molecule has 114 valence electrons. The molecule has 0 aliphatic heterocycles. The van der Waals surface area contributed by atoms with Crippen molar-refractivity contribution in [1.29, 1.82) is 5.26 Å². The number of halogens is 4. The number of fused-ring (bicyclic) bond motifs is 1. The molecule has 2 aromatic carbocycles. The summed E-state index contributed by atoms with van der Waals surface area (Å²) < 4.78 is 52.8. The quantitative estimate of drug-likeness (QED) is 0.628. The van der Waals surface area contributed by atoms with Crippen molar-refractivity contribution in [3.8, 4) is 17.3 Å². The summed E-state index contributed by atoms with van der Waals surface area (Å²) in [6, 6.07) is 10.5. The van der Waals surface area contributed by atoms with E-state index in [2.05, 4.69) is 9.97 Å². The van der Waals surface area contributed by atoms with Gasteiger partial charge in [0, 0.05) is 5.56 Å². The van der Waals surface area contributed by atoms with Gasteiger partial charge in [-0.2, -0.15) is 18.4 Å². The molecule has 0 spiro atoms. The summed E-state index contributed by atoms with van der Waals surface area (Å²) in [7, 11) is 0. The minimum atomic E-state index is -4.73. The molecule has 0 aliphatic rings. The van der Waals surface area contributed by atoms with Crippen LogP contribution < -0.4 is 0 Å². The van der Waals surface area contributed by atoms with Crippen LogP contribution in [-0.2, 0) is 6.18 Å². The zero-order valence-corrected chi connectivity index (χ0v) is 11.4. The first-order valence-corrected chi connectivity index (χ1v) is 6.43. The molecule has 1 aromatic heterocycles. The van der Waals surface area contributed by atoms with E-state index in [-0.39, 0.29) is 27.9 Å². The van der Waals surface area contributed by atoms with Gasteiger partial charge in [0.05, 0.1) is 22.7 Å². The predicted octanol–water partition coefficient (Wildman–Crippen LogP) is 4.33. The Morgan fingerprint density at radius 1 is 0.913 bits per heavy atom. The van der Waals surface area contributed by atoms with E-state index in [4.69, 9.17) is 5.26 Å². The molecule has 7 heteroatoms. The minimum absolute atomic E-state index is 0.0257. The highest BCUT2D eigenvalue weighted by atomic mass is 19.4. The van der Waals surface area contributed by atoms with Gasteiger partial charge in [-0.3, -0.25) is 0 Å². The number of aromatic nitrogens is 2. The molecule has 3 aromatic rings. The lowest BCUT2D eigenvalue weighted by Crippen LogP contribution is -2.12. The number of rotatable bonds is 1. The Kier molecular flexibility index (Phi) is 3.45. The number of nitriles is 1. The van der Waals surface area contributed by atoms with Crippen LogP contribution in [0.1, 0.15) is 11.3 Å². The van der Waals surface area contributed by atoms with E-state index >= 15 is 0 Å². The van der Waals surface area contributed by atoms with Crippen molar-refractivity contribution >= 4 is 11.0 Å². The molecule has 0 saturated carbocycles. The third-order valence-electron chi connectivity index (χ3n) is 3.18. The van der Waals surface area contributed by atoms with Crippen molar-refractivity contribution in [1.82, 2.24) is 9.97 Å². The highest BCUT2D eigenvalue weighted by Crippen LogP contribution is 2.35. The van der Waals surface area contributed by atoms with E-state index in [0.717, 1.165) is 12.1 Å². The summed E-state index contributed by atoms with van der Waals surface area (Å²) in [5.74, 6) is -0.560. The smallest absolute Gasteiger partial charge is 0.244 e. The molecular formula is C16H7F4N3. The number of nitrogens with zero attached hydrogens (tertiary/aromatic N) is 3. The molecule has 0 amide bonds. The second-order valence-corrected chi connectivity index (χ2v) is 4.74. The van der Waals surface area contributed by atoms with Crippen LogP contribution in [0.15, 0.2) is 42.5 Å². The molecule has 0 aliphatic carbocycles. The van der Waals surface area contributed by atoms with Gasteiger partial charge >= 0.3 is 6.18 Å². The van der Waals surface area contributed by atoms with Crippen LogP contribution in [0.3, 0.4) is 0 Å². The second-order valence-electron chi connectivity index (χ2n) is 4.74. The lowest BCUT2D eigenvalue weighted by Gasteiger charge is -2.12. The van der Waals surface area contributed by atoms with Crippen molar-refractivity contribution in [3.63, 3.8) is 0 Å². The van der Waals surface area contributed by atoms with Gasteiger partial charge in [-0.25, -0.2) is 14.4 Å². The van der Waals surface area contributed by atoms with Crippen molar-refractivity contribution < 1.29 is 17.6 Å². The lowest BCUT2D eigenvalue weighted by molar-refractivity contribution is -0.140. The van der Waals surface area contributed by atoms with Crippen LogP contribution in [0.4, 0.5) is 17.6 Å².